The number of halogens is 1. The highest BCUT2D eigenvalue weighted by Crippen LogP contribution is 2.29. The lowest BCUT2D eigenvalue weighted by Gasteiger charge is -2.13. The molecule has 1 aromatic rings. The SMILES string of the molecule is Cc1cc(N)c(Cl)cc1NCCCC1CCCC1. The molecule has 1 aliphatic carbocycles. The van der Waals surface area contributed by atoms with Gasteiger partial charge in [-0.2, -0.15) is 0 Å². The van der Waals surface area contributed by atoms with Crippen molar-refractivity contribution in [2.24, 2.45) is 5.92 Å². The zero-order valence-electron chi connectivity index (χ0n) is 11.1. The number of aryl methyl sites for hydroxylation is 1. The van der Waals surface area contributed by atoms with Crippen LogP contribution >= 0.6 is 11.6 Å². The molecule has 0 radical (unpaired) electrons. The number of nitrogen functional groups attached to an aromatic ring is 1. The topological polar surface area (TPSA) is 38.0 Å². The molecule has 3 heteroatoms. The number of anilines is 2. The first kappa shape index (κ1) is 13.5. The maximum Gasteiger partial charge on any atom is 0.0656 e. The maximum atomic E-state index is 6.04. The van der Waals surface area contributed by atoms with Gasteiger partial charge in [0.15, 0.2) is 0 Å². The van der Waals surface area contributed by atoms with Gasteiger partial charge in [0.2, 0.25) is 0 Å². The van der Waals surface area contributed by atoms with Crippen molar-refractivity contribution < 1.29 is 0 Å². The fourth-order valence-electron chi connectivity index (χ4n) is 2.81. The second kappa shape index (κ2) is 6.33. The van der Waals surface area contributed by atoms with Crippen LogP contribution in [-0.2, 0) is 0 Å². The van der Waals surface area contributed by atoms with Crippen LogP contribution in [0.15, 0.2) is 12.1 Å². The van der Waals surface area contributed by atoms with Gasteiger partial charge in [-0.3, -0.25) is 0 Å². The number of nitrogens with two attached hydrogens (primary N) is 1. The molecular formula is C15H23ClN2. The Bertz CT molecular complexity index is 398. The minimum Gasteiger partial charge on any atom is -0.398 e. The Labute approximate surface area is 115 Å². The van der Waals surface area contributed by atoms with Gasteiger partial charge in [-0.05, 0) is 43.4 Å². The molecule has 0 aliphatic heterocycles. The normalized spacial score (nSPS) is 16.1. The lowest BCUT2D eigenvalue weighted by Crippen LogP contribution is -2.05. The first-order chi connectivity index (χ1) is 8.66. The summed E-state index contributed by atoms with van der Waals surface area (Å²) >= 11 is 6.04. The van der Waals surface area contributed by atoms with E-state index in [9.17, 15) is 0 Å². The number of nitrogens with one attached hydrogen (secondary N) is 1. The van der Waals surface area contributed by atoms with Gasteiger partial charge in [-0.25, -0.2) is 0 Å². The van der Waals surface area contributed by atoms with E-state index in [0.717, 1.165) is 23.7 Å². The van der Waals surface area contributed by atoms with Gasteiger partial charge in [0.1, 0.15) is 0 Å². The summed E-state index contributed by atoms with van der Waals surface area (Å²) in [7, 11) is 0. The van der Waals surface area contributed by atoms with Crippen molar-refractivity contribution in [3.63, 3.8) is 0 Å². The Morgan fingerprint density at radius 2 is 2.06 bits per heavy atom. The molecule has 18 heavy (non-hydrogen) atoms. The predicted octanol–water partition coefficient (Wildman–Crippen LogP) is 4.61. The summed E-state index contributed by atoms with van der Waals surface area (Å²) in [4.78, 5) is 0. The van der Waals surface area contributed by atoms with Gasteiger partial charge >= 0.3 is 0 Å². The number of benzene rings is 1. The van der Waals surface area contributed by atoms with Crippen molar-refractivity contribution in [2.75, 3.05) is 17.6 Å². The molecule has 1 fully saturated rings. The molecule has 100 valence electrons. The van der Waals surface area contributed by atoms with Crippen LogP contribution in [0, 0.1) is 12.8 Å². The maximum absolute atomic E-state index is 6.04. The fraction of sp³-hybridized carbons (Fsp3) is 0.600. The second-order valence-corrected chi connectivity index (χ2v) is 5.82. The summed E-state index contributed by atoms with van der Waals surface area (Å²) in [5, 5.41) is 4.10. The van der Waals surface area contributed by atoms with Crippen molar-refractivity contribution in [3.05, 3.63) is 22.7 Å². The molecule has 1 saturated carbocycles. The molecule has 0 bridgehead atoms. The number of rotatable bonds is 5. The van der Waals surface area contributed by atoms with E-state index in [1.54, 1.807) is 0 Å². The molecule has 0 heterocycles. The second-order valence-electron chi connectivity index (χ2n) is 5.41. The minimum absolute atomic E-state index is 0.638. The molecule has 0 spiro atoms. The molecule has 2 rings (SSSR count). The molecule has 1 aliphatic rings. The molecule has 1 aromatic carbocycles. The summed E-state index contributed by atoms with van der Waals surface area (Å²) in [5.41, 5.74) is 8.70. The van der Waals surface area contributed by atoms with Gasteiger partial charge in [-0.15, -0.1) is 0 Å². The van der Waals surface area contributed by atoms with Crippen molar-refractivity contribution in [3.8, 4) is 0 Å². The quantitative estimate of drug-likeness (QED) is 0.603. The summed E-state index contributed by atoms with van der Waals surface area (Å²) in [5.74, 6) is 0.975. The lowest BCUT2D eigenvalue weighted by molar-refractivity contribution is 0.491. The Morgan fingerprint density at radius 1 is 1.33 bits per heavy atom. The van der Waals surface area contributed by atoms with Gasteiger partial charge in [0.25, 0.3) is 0 Å². The van der Waals surface area contributed by atoms with E-state index in [2.05, 4.69) is 12.2 Å². The van der Waals surface area contributed by atoms with Gasteiger partial charge in [-0.1, -0.05) is 37.3 Å². The molecule has 0 aromatic heterocycles. The Hall–Kier alpha value is -0.890. The summed E-state index contributed by atoms with van der Waals surface area (Å²) in [6.45, 7) is 3.09. The van der Waals surface area contributed by atoms with Crippen molar-refractivity contribution in [2.45, 2.75) is 45.4 Å². The van der Waals surface area contributed by atoms with Crippen molar-refractivity contribution >= 4 is 23.0 Å². The first-order valence-corrected chi connectivity index (χ1v) is 7.34. The van der Waals surface area contributed by atoms with E-state index in [1.165, 1.54) is 38.5 Å². The molecule has 3 N–H and O–H groups in total. The highest BCUT2D eigenvalue weighted by Gasteiger charge is 2.14. The average molecular weight is 267 g/mol. The van der Waals surface area contributed by atoms with Gasteiger partial charge < -0.3 is 11.1 Å². The summed E-state index contributed by atoms with van der Waals surface area (Å²) < 4.78 is 0. The van der Waals surface area contributed by atoms with Crippen LogP contribution in [0.25, 0.3) is 0 Å². The first-order valence-electron chi connectivity index (χ1n) is 6.96. The highest BCUT2D eigenvalue weighted by molar-refractivity contribution is 6.33. The Kier molecular flexibility index (Phi) is 4.76. The molecule has 0 saturated heterocycles. The summed E-state index contributed by atoms with van der Waals surface area (Å²) in [6.07, 6.45) is 8.34. The van der Waals surface area contributed by atoms with E-state index < -0.39 is 0 Å². The summed E-state index contributed by atoms with van der Waals surface area (Å²) in [6, 6.07) is 3.86. The number of hydrogen-bond acceptors (Lipinski definition) is 2. The van der Waals surface area contributed by atoms with Crippen LogP contribution in [0.5, 0.6) is 0 Å². The van der Waals surface area contributed by atoms with Crippen LogP contribution in [0.3, 0.4) is 0 Å². The zero-order valence-corrected chi connectivity index (χ0v) is 11.9. The third kappa shape index (κ3) is 3.55. The standard InChI is InChI=1S/C15H23ClN2/c1-11-9-14(17)13(16)10-15(11)18-8-4-7-12-5-2-3-6-12/h9-10,12,18H,2-8,17H2,1H3. The van der Waals surface area contributed by atoms with Crippen LogP contribution < -0.4 is 11.1 Å². The van der Waals surface area contributed by atoms with Crippen LogP contribution in [0.2, 0.25) is 5.02 Å². The lowest BCUT2D eigenvalue weighted by atomic mass is 10.0. The van der Waals surface area contributed by atoms with E-state index >= 15 is 0 Å². The van der Waals surface area contributed by atoms with E-state index in [0.29, 0.717) is 10.7 Å². The van der Waals surface area contributed by atoms with Crippen LogP contribution in [0.1, 0.15) is 44.1 Å². The highest BCUT2D eigenvalue weighted by atomic mass is 35.5. The smallest absolute Gasteiger partial charge is 0.0656 e. The molecule has 0 atom stereocenters. The molecule has 2 nitrogen and oxygen atoms in total. The molecule has 0 amide bonds. The predicted molar refractivity (Wildman–Crippen MR) is 80.3 cm³/mol. The van der Waals surface area contributed by atoms with E-state index in [1.807, 2.05) is 12.1 Å². The number of hydrogen-bond donors (Lipinski definition) is 2. The largest absolute Gasteiger partial charge is 0.398 e. The molecular weight excluding hydrogens is 244 g/mol. The van der Waals surface area contributed by atoms with Crippen molar-refractivity contribution in [1.82, 2.24) is 0 Å². The fourth-order valence-corrected chi connectivity index (χ4v) is 2.97. The van der Waals surface area contributed by atoms with E-state index in [4.69, 9.17) is 17.3 Å². The van der Waals surface area contributed by atoms with Crippen molar-refractivity contribution in [1.29, 1.82) is 0 Å². The Morgan fingerprint density at radius 3 is 2.78 bits per heavy atom. The zero-order chi connectivity index (χ0) is 13.0. The van der Waals surface area contributed by atoms with Gasteiger partial charge in [0, 0.05) is 12.2 Å². The third-order valence-electron chi connectivity index (χ3n) is 3.92. The monoisotopic (exact) mass is 266 g/mol. The Balaban J connectivity index is 1.77. The third-order valence-corrected chi connectivity index (χ3v) is 4.25. The van der Waals surface area contributed by atoms with Crippen LogP contribution in [-0.4, -0.2) is 6.54 Å². The van der Waals surface area contributed by atoms with E-state index in [-0.39, 0.29) is 0 Å². The molecule has 0 unspecified atom stereocenters. The average Bonchev–Trinajstić information content (AvgIpc) is 2.84. The minimum atomic E-state index is 0.638. The van der Waals surface area contributed by atoms with Crippen LogP contribution in [0.4, 0.5) is 11.4 Å². The van der Waals surface area contributed by atoms with Gasteiger partial charge in [0.05, 0.1) is 10.7 Å².